The molecule has 0 aromatic heterocycles. The van der Waals surface area contributed by atoms with E-state index in [-0.39, 0.29) is 0 Å². The third-order valence-corrected chi connectivity index (χ3v) is 3.75. The number of thiocarbonyl (C=S) groups is 1. The van der Waals surface area contributed by atoms with E-state index in [1.807, 2.05) is 0 Å². The summed E-state index contributed by atoms with van der Waals surface area (Å²) in [4.78, 5) is 3.21. The zero-order valence-electron chi connectivity index (χ0n) is 10.1. The molecule has 3 nitrogen and oxygen atoms in total. The first-order chi connectivity index (χ1) is 7.60. The van der Waals surface area contributed by atoms with Crippen molar-refractivity contribution < 1.29 is 4.74 Å². The minimum atomic E-state index is 0.364. The summed E-state index contributed by atoms with van der Waals surface area (Å²) in [6.07, 6.45) is 5.01. The second kappa shape index (κ2) is 4.98. The molecule has 1 aliphatic heterocycles. The monoisotopic (exact) mass is 242 g/mol. The summed E-state index contributed by atoms with van der Waals surface area (Å²) in [5.74, 6) is 0. The largest absolute Gasteiger partial charge is 0.393 e. The molecule has 16 heavy (non-hydrogen) atoms. The molecule has 2 fully saturated rings. The number of hydrogen-bond donors (Lipinski definition) is 1. The molecule has 0 spiro atoms. The van der Waals surface area contributed by atoms with Gasteiger partial charge in [0.2, 0.25) is 0 Å². The first-order valence-electron chi connectivity index (χ1n) is 6.22. The van der Waals surface area contributed by atoms with E-state index in [1.165, 1.54) is 12.8 Å². The van der Waals surface area contributed by atoms with Crippen LogP contribution in [0.15, 0.2) is 0 Å². The van der Waals surface area contributed by atoms with Crippen LogP contribution < -0.4 is 5.73 Å². The summed E-state index contributed by atoms with van der Waals surface area (Å²) in [5.41, 5.74) is 6.08. The average Bonchev–Trinajstić information content (AvgIpc) is 2.92. The van der Waals surface area contributed by atoms with E-state index in [9.17, 15) is 0 Å². The molecule has 0 aromatic carbocycles. The Balaban J connectivity index is 1.85. The predicted octanol–water partition coefficient (Wildman–Crippen LogP) is 1.55. The van der Waals surface area contributed by atoms with E-state index in [1.54, 1.807) is 0 Å². The van der Waals surface area contributed by atoms with Gasteiger partial charge >= 0.3 is 0 Å². The third-order valence-electron chi connectivity index (χ3n) is 3.60. The van der Waals surface area contributed by atoms with Crippen molar-refractivity contribution in [2.45, 2.75) is 38.7 Å². The van der Waals surface area contributed by atoms with E-state index in [0.717, 1.165) is 39.1 Å². The number of nitrogens with two attached hydrogens (primary N) is 1. The molecule has 1 atom stereocenters. The fourth-order valence-electron chi connectivity index (χ4n) is 2.64. The Morgan fingerprint density at radius 1 is 1.56 bits per heavy atom. The van der Waals surface area contributed by atoms with Gasteiger partial charge < -0.3 is 15.4 Å². The van der Waals surface area contributed by atoms with Gasteiger partial charge in [-0.15, -0.1) is 0 Å². The molecule has 4 heteroatoms. The van der Waals surface area contributed by atoms with Crippen LogP contribution in [0.5, 0.6) is 0 Å². The minimum absolute atomic E-state index is 0.364. The summed E-state index contributed by atoms with van der Waals surface area (Å²) in [7, 11) is 0. The molecule has 2 N–H and O–H groups in total. The number of nitrogens with zero attached hydrogens (tertiary/aromatic N) is 1. The number of hydrogen-bond acceptors (Lipinski definition) is 3. The van der Waals surface area contributed by atoms with Gasteiger partial charge in [-0.2, -0.15) is 0 Å². The zero-order chi connectivity index (χ0) is 11.6. The van der Waals surface area contributed by atoms with Crippen molar-refractivity contribution in [2.24, 2.45) is 11.1 Å². The van der Waals surface area contributed by atoms with Crippen molar-refractivity contribution in [3.63, 3.8) is 0 Å². The van der Waals surface area contributed by atoms with Gasteiger partial charge in [0.15, 0.2) is 0 Å². The van der Waals surface area contributed by atoms with E-state index < -0.39 is 0 Å². The van der Waals surface area contributed by atoms with E-state index in [4.69, 9.17) is 22.7 Å². The topological polar surface area (TPSA) is 38.5 Å². The number of rotatable bonds is 4. The second-order valence-corrected chi connectivity index (χ2v) is 5.94. The lowest BCUT2D eigenvalue weighted by atomic mass is 10.0. The maximum Gasteiger partial charge on any atom is 0.0733 e. The van der Waals surface area contributed by atoms with Gasteiger partial charge in [0.05, 0.1) is 11.1 Å². The predicted molar refractivity (Wildman–Crippen MR) is 69.5 cm³/mol. The first kappa shape index (κ1) is 12.3. The Morgan fingerprint density at radius 2 is 2.31 bits per heavy atom. The number of ether oxygens (including phenoxy) is 1. The van der Waals surface area contributed by atoms with Gasteiger partial charge in [-0.25, -0.2) is 0 Å². The van der Waals surface area contributed by atoms with Crippen molar-refractivity contribution in [1.82, 2.24) is 4.90 Å². The zero-order valence-corrected chi connectivity index (χ0v) is 10.9. The molecular formula is C12H22N2OS. The lowest BCUT2D eigenvalue weighted by Gasteiger charge is -2.26. The van der Waals surface area contributed by atoms with Gasteiger partial charge in [-0.1, -0.05) is 12.2 Å². The van der Waals surface area contributed by atoms with Crippen LogP contribution in [-0.2, 0) is 4.74 Å². The van der Waals surface area contributed by atoms with Gasteiger partial charge in [0.1, 0.15) is 0 Å². The molecule has 0 bridgehead atoms. The molecule has 1 saturated carbocycles. The molecule has 2 rings (SSSR count). The lowest BCUT2D eigenvalue weighted by Crippen LogP contribution is -2.36. The molecule has 1 heterocycles. The van der Waals surface area contributed by atoms with E-state index in [0.29, 0.717) is 16.5 Å². The summed E-state index contributed by atoms with van der Waals surface area (Å²) >= 11 is 5.04. The van der Waals surface area contributed by atoms with Crippen LogP contribution in [0.2, 0.25) is 0 Å². The molecule has 2 aliphatic rings. The van der Waals surface area contributed by atoms with Crippen LogP contribution in [-0.4, -0.2) is 42.2 Å². The van der Waals surface area contributed by atoms with Crippen LogP contribution in [0.4, 0.5) is 0 Å². The van der Waals surface area contributed by atoms with Crippen molar-refractivity contribution in [3.05, 3.63) is 0 Å². The Morgan fingerprint density at radius 3 is 2.94 bits per heavy atom. The minimum Gasteiger partial charge on any atom is -0.393 e. The highest BCUT2D eigenvalue weighted by Crippen LogP contribution is 2.49. The van der Waals surface area contributed by atoms with Crippen molar-refractivity contribution in [3.8, 4) is 0 Å². The summed E-state index contributed by atoms with van der Waals surface area (Å²) in [5, 5.41) is 0. The highest BCUT2D eigenvalue weighted by Gasteiger charge is 2.44. The van der Waals surface area contributed by atoms with Crippen LogP contribution in [0.3, 0.4) is 0 Å². The van der Waals surface area contributed by atoms with Crippen LogP contribution in [0, 0.1) is 5.41 Å². The lowest BCUT2D eigenvalue weighted by molar-refractivity contribution is 0.0649. The molecule has 0 amide bonds. The smallest absolute Gasteiger partial charge is 0.0733 e. The second-order valence-electron chi connectivity index (χ2n) is 5.41. The van der Waals surface area contributed by atoms with Crippen LogP contribution >= 0.6 is 12.2 Å². The van der Waals surface area contributed by atoms with E-state index >= 15 is 0 Å². The average molecular weight is 242 g/mol. The fraction of sp³-hybridized carbons (Fsp3) is 0.917. The van der Waals surface area contributed by atoms with Crippen LogP contribution in [0.25, 0.3) is 0 Å². The van der Waals surface area contributed by atoms with Gasteiger partial charge in [-0.3, -0.25) is 0 Å². The summed E-state index contributed by atoms with van der Waals surface area (Å²) in [6, 6.07) is 0. The Labute approximate surface area is 103 Å². The van der Waals surface area contributed by atoms with Crippen molar-refractivity contribution in [1.29, 1.82) is 0 Å². The molecule has 0 radical (unpaired) electrons. The maximum absolute atomic E-state index is 5.67. The third kappa shape index (κ3) is 3.40. The molecule has 92 valence electrons. The van der Waals surface area contributed by atoms with Crippen molar-refractivity contribution in [2.75, 3.05) is 26.2 Å². The maximum atomic E-state index is 5.67. The highest BCUT2D eigenvalue weighted by atomic mass is 32.1. The molecule has 0 aromatic rings. The molecule has 1 unspecified atom stereocenters. The van der Waals surface area contributed by atoms with Crippen molar-refractivity contribution >= 4 is 17.2 Å². The van der Waals surface area contributed by atoms with Crippen LogP contribution in [0.1, 0.15) is 32.6 Å². The van der Waals surface area contributed by atoms with E-state index in [2.05, 4.69) is 11.8 Å². The Bertz CT molecular complexity index is 266. The van der Waals surface area contributed by atoms with Gasteiger partial charge in [0.25, 0.3) is 0 Å². The molecule has 1 aliphatic carbocycles. The van der Waals surface area contributed by atoms with Gasteiger partial charge in [0, 0.05) is 32.7 Å². The SMILES string of the molecule is CC1CN(CC2(CC(N)=S)CC2)CCCO1. The molecule has 1 saturated heterocycles. The quantitative estimate of drug-likeness (QED) is 0.759. The first-order valence-corrected chi connectivity index (χ1v) is 6.63. The van der Waals surface area contributed by atoms with Gasteiger partial charge in [-0.05, 0) is 31.6 Å². The Kier molecular flexibility index (Phi) is 3.82. The molecular weight excluding hydrogens is 220 g/mol. The normalized spacial score (nSPS) is 29.7. The summed E-state index contributed by atoms with van der Waals surface area (Å²) in [6.45, 7) is 6.42. The Hall–Kier alpha value is -0.190. The highest BCUT2D eigenvalue weighted by molar-refractivity contribution is 7.80. The summed E-state index contributed by atoms with van der Waals surface area (Å²) < 4.78 is 5.66. The standard InChI is InChI=1S/C12H22N2OS/c1-10-8-14(5-2-6-15-10)9-12(3-4-12)7-11(13)16/h10H,2-9H2,1H3,(H2,13,16). The fourth-order valence-corrected chi connectivity index (χ4v) is 2.94.